The second kappa shape index (κ2) is 8.24. The lowest BCUT2D eigenvalue weighted by Gasteiger charge is -2.13. The van der Waals surface area contributed by atoms with Crippen LogP contribution in [0.25, 0.3) is 0 Å². The Kier molecular flexibility index (Phi) is 5.76. The smallest absolute Gasteiger partial charge is 0.257 e. The second-order valence-corrected chi connectivity index (χ2v) is 8.00. The van der Waals surface area contributed by atoms with Gasteiger partial charge in [0.15, 0.2) is 0 Å². The van der Waals surface area contributed by atoms with E-state index in [4.69, 9.17) is 11.6 Å². The first-order valence-corrected chi connectivity index (χ1v) is 10.3. The molecule has 0 aliphatic heterocycles. The first kappa shape index (κ1) is 19.6. The molecule has 1 amide bonds. The summed E-state index contributed by atoms with van der Waals surface area (Å²) in [6.45, 7) is 0. The largest absolute Gasteiger partial charge is 0.353 e. The highest BCUT2D eigenvalue weighted by Gasteiger charge is 2.11. The number of aromatic nitrogens is 2. The minimum atomic E-state index is -3.43. The molecule has 0 saturated heterocycles. The van der Waals surface area contributed by atoms with Crippen LogP contribution in [0.5, 0.6) is 0 Å². The first-order valence-electron chi connectivity index (χ1n) is 8.02. The Morgan fingerprint density at radius 1 is 1.00 bits per heavy atom. The van der Waals surface area contributed by atoms with Crippen LogP contribution in [0.3, 0.4) is 0 Å². The summed E-state index contributed by atoms with van der Waals surface area (Å²) in [6, 6.07) is 11.6. The highest BCUT2D eigenvalue weighted by atomic mass is 35.5. The summed E-state index contributed by atoms with van der Waals surface area (Å²) in [6.07, 6.45) is 5.45. The van der Waals surface area contributed by atoms with Crippen LogP contribution < -0.4 is 15.4 Å². The fourth-order valence-electron chi connectivity index (χ4n) is 2.26. The van der Waals surface area contributed by atoms with E-state index in [0.717, 1.165) is 11.9 Å². The number of carbonyl (C=O) groups is 1. The van der Waals surface area contributed by atoms with Crippen LogP contribution >= 0.6 is 11.6 Å². The lowest BCUT2D eigenvalue weighted by molar-refractivity contribution is 0.102. The fraction of sp³-hybridized carbons (Fsp3) is 0.0556. The molecule has 1 aromatic carbocycles. The molecule has 0 fully saturated rings. The molecule has 2 aromatic heterocycles. The number of hydrogen-bond acceptors (Lipinski definition) is 6. The van der Waals surface area contributed by atoms with E-state index >= 15 is 0 Å². The molecule has 8 nitrogen and oxygen atoms in total. The summed E-state index contributed by atoms with van der Waals surface area (Å²) in [7, 11) is -3.43. The Labute approximate surface area is 167 Å². The SMILES string of the molecule is CS(=O)(=O)Nc1ccc(C(=O)Nc2ccncc2Nc2ccc(Cl)cc2)cn1. The normalized spacial score (nSPS) is 10.9. The van der Waals surface area contributed by atoms with Gasteiger partial charge in [0.05, 0.1) is 29.4 Å². The molecular formula is C18H16ClN5O3S. The van der Waals surface area contributed by atoms with Crippen LogP contribution in [0.1, 0.15) is 10.4 Å². The molecular weight excluding hydrogens is 402 g/mol. The Bertz CT molecular complexity index is 1090. The van der Waals surface area contributed by atoms with E-state index in [0.29, 0.717) is 16.4 Å². The van der Waals surface area contributed by atoms with Gasteiger partial charge in [0, 0.05) is 23.1 Å². The molecule has 144 valence electrons. The van der Waals surface area contributed by atoms with E-state index < -0.39 is 15.9 Å². The number of rotatable bonds is 6. The molecule has 3 N–H and O–H groups in total. The number of pyridine rings is 2. The van der Waals surface area contributed by atoms with Crippen molar-refractivity contribution < 1.29 is 13.2 Å². The summed E-state index contributed by atoms with van der Waals surface area (Å²) in [5, 5.41) is 6.56. The quantitative estimate of drug-likeness (QED) is 0.565. The van der Waals surface area contributed by atoms with Crippen molar-refractivity contribution in [2.75, 3.05) is 21.6 Å². The Hall–Kier alpha value is -3.17. The van der Waals surface area contributed by atoms with Gasteiger partial charge in [0.1, 0.15) is 5.82 Å². The van der Waals surface area contributed by atoms with Crippen LogP contribution in [0, 0.1) is 0 Å². The van der Waals surface area contributed by atoms with Gasteiger partial charge in [-0.15, -0.1) is 0 Å². The number of anilines is 4. The molecule has 0 unspecified atom stereocenters. The third kappa shape index (κ3) is 5.41. The van der Waals surface area contributed by atoms with Crippen LogP contribution in [0.4, 0.5) is 22.9 Å². The summed E-state index contributed by atoms with van der Waals surface area (Å²) in [5.74, 6) is -0.267. The molecule has 0 aliphatic rings. The van der Waals surface area contributed by atoms with E-state index in [-0.39, 0.29) is 11.4 Å². The minimum absolute atomic E-state index is 0.132. The van der Waals surface area contributed by atoms with E-state index in [9.17, 15) is 13.2 Å². The maximum atomic E-state index is 12.5. The number of sulfonamides is 1. The maximum absolute atomic E-state index is 12.5. The van der Waals surface area contributed by atoms with E-state index in [1.54, 1.807) is 42.7 Å². The number of halogens is 1. The summed E-state index contributed by atoms with van der Waals surface area (Å²) >= 11 is 5.89. The molecule has 3 rings (SSSR count). The molecule has 10 heteroatoms. The molecule has 3 aromatic rings. The van der Waals surface area contributed by atoms with Gasteiger partial charge in [0.2, 0.25) is 10.0 Å². The fourth-order valence-corrected chi connectivity index (χ4v) is 2.89. The topological polar surface area (TPSA) is 113 Å². The molecule has 28 heavy (non-hydrogen) atoms. The zero-order chi connectivity index (χ0) is 20.1. The highest BCUT2D eigenvalue weighted by Crippen LogP contribution is 2.25. The van der Waals surface area contributed by atoms with E-state index in [1.165, 1.54) is 18.3 Å². The number of hydrogen-bond donors (Lipinski definition) is 3. The molecule has 2 heterocycles. The predicted octanol–water partition coefficient (Wildman–Crippen LogP) is 3.50. The Balaban J connectivity index is 1.74. The Morgan fingerprint density at radius 3 is 2.39 bits per heavy atom. The zero-order valence-corrected chi connectivity index (χ0v) is 16.3. The number of benzene rings is 1. The lowest BCUT2D eigenvalue weighted by atomic mass is 10.2. The van der Waals surface area contributed by atoms with Crippen LogP contribution in [0.2, 0.25) is 5.02 Å². The summed E-state index contributed by atoms with van der Waals surface area (Å²) in [4.78, 5) is 20.5. The van der Waals surface area contributed by atoms with Gasteiger partial charge in [-0.05, 0) is 42.5 Å². The number of carbonyl (C=O) groups excluding carboxylic acids is 1. The van der Waals surface area contributed by atoms with Gasteiger partial charge in [0.25, 0.3) is 5.91 Å². The molecule has 0 radical (unpaired) electrons. The van der Waals surface area contributed by atoms with Crippen molar-refractivity contribution in [3.63, 3.8) is 0 Å². The molecule has 0 bridgehead atoms. The maximum Gasteiger partial charge on any atom is 0.257 e. The minimum Gasteiger partial charge on any atom is -0.353 e. The molecule has 0 spiro atoms. The highest BCUT2D eigenvalue weighted by molar-refractivity contribution is 7.92. The van der Waals surface area contributed by atoms with E-state index in [2.05, 4.69) is 25.3 Å². The van der Waals surface area contributed by atoms with Crippen molar-refractivity contribution in [3.8, 4) is 0 Å². The van der Waals surface area contributed by atoms with Crippen molar-refractivity contribution in [2.24, 2.45) is 0 Å². The van der Waals surface area contributed by atoms with Gasteiger partial charge >= 0.3 is 0 Å². The lowest BCUT2D eigenvalue weighted by Crippen LogP contribution is -2.15. The van der Waals surface area contributed by atoms with Gasteiger partial charge in [-0.1, -0.05) is 11.6 Å². The van der Waals surface area contributed by atoms with Gasteiger partial charge < -0.3 is 10.6 Å². The van der Waals surface area contributed by atoms with Crippen LogP contribution in [-0.2, 0) is 10.0 Å². The predicted molar refractivity (Wildman–Crippen MR) is 110 cm³/mol. The number of amides is 1. The van der Waals surface area contributed by atoms with Gasteiger partial charge in [-0.25, -0.2) is 13.4 Å². The van der Waals surface area contributed by atoms with Crippen molar-refractivity contribution >= 4 is 50.4 Å². The van der Waals surface area contributed by atoms with Crippen molar-refractivity contribution in [1.82, 2.24) is 9.97 Å². The zero-order valence-electron chi connectivity index (χ0n) is 14.7. The van der Waals surface area contributed by atoms with Gasteiger partial charge in [-0.3, -0.25) is 14.5 Å². The average molecular weight is 418 g/mol. The van der Waals surface area contributed by atoms with Crippen molar-refractivity contribution in [2.45, 2.75) is 0 Å². The third-order valence-corrected chi connectivity index (χ3v) is 4.34. The average Bonchev–Trinajstić information content (AvgIpc) is 2.64. The first-order chi connectivity index (χ1) is 13.3. The number of nitrogens with zero attached hydrogens (tertiary/aromatic N) is 2. The Morgan fingerprint density at radius 2 is 1.75 bits per heavy atom. The standard InChI is InChI=1S/C18H16ClN5O3S/c1-28(26,27)24-17-7-2-12(10-21-17)18(25)23-15-8-9-20-11-16(15)22-14-5-3-13(19)4-6-14/h2-11,22H,1H3,(H,21,24)(H,20,23,25). The summed E-state index contributed by atoms with van der Waals surface area (Å²) in [5.41, 5.74) is 2.17. The van der Waals surface area contributed by atoms with Crippen LogP contribution in [-0.4, -0.2) is 30.5 Å². The van der Waals surface area contributed by atoms with Gasteiger partial charge in [-0.2, -0.15) is 0 Å². The second-order valence-electron chi connectivity index (χ2n) is 5.81. The monoisotopic (exact) mass is 417 g/mol. The number of nitrogens with one attached hydrogen (secondary N) is 3. The molecule has 0 atom stereocenters. The third-order valence-electron chi connectivity index (χ3n) is 3.51. The van der Waals surface area contributed by atoms with Crippen molar-refractivity contribution in [1.29, 1.82) is 0 Å². The molecule has 0 saturated carbocycles. The van der Waals surface area contributed by atoms with E-state index in [1.807, 2.05) is 0 Å². The molecule has 0 aliphatic carbocycles. The summed E-state index contributed by atoms with van der Waals surface area (Å²) < 4.78 is 24.7. The van der Waals surface area contributed by atoms with Crippen molar-refractivity contribution in [3.05, 3.63) is 71.6 Å². The van der Waals surface area contributed by atoms with Crippen LogP contribution in [0.15, 0.2) is 61.1 Å².